The van der Waals surface area contributed by atoms with Gasteiger partial charge >= 0.3 is 14.2 Å². The van der Waals surface area contributed by atoms with Gasteiger partial charge in [0.15, 0.2) is 0 Å². The number of hydrogen-bond acceptors (Lipinski definition) is 8. The first-order valence-electron chi connectivity index (χ1n) is 17.4. The van der Waals surface area contributed by atoms with Crippen molar-refractivity contribution in [3.05, 3.63) is 82.9 Å². The Bertz CT molecular complexity index is 1460. The SMILES string of the molecule is CC.CC1(C)OB(c2ccc3c(c2)CN(Cc2ccc(CN4COc5ccc(B6OC(C)(C)C(C)(C)O6)cc5C4)cc2)CO3)OC1(C)C. The highest BCUT2D eigenvalue weighted by Gasteiger charge is 2.53. The van der Waals surface area contributed by atoms with E-state index >= 15 is 0 Å². The fraction of sp³-hybridized carbons (Fsp3) is 0.526. The van der Waals surface area contributed by atoms with Gasteiger partial charge < -0.3 is 28.1 Å². The Kier molecular flexibility index (Phi) is 9.57. The van der Waals surface area contributed by atoms with Gasteiger partial charge in [0.1, 0.15) is 25.0 Å². The molecular formula is C38H52B2N2O6. The highest BCUT2D eigenvalue weighted by Crippen LogP contribution is 2.38. The Balaban J connectivity index is 0.00000197. The minimum Gasteiger partial charge on any atom is -0.478 e. The minimum atomic E-state index is -0.380. The smallest absolute Gasteiger partial charge is 0.478 e. The van der Waals surface area contributed by atoms with Gasteiger partial charge in [0.2, 0.25) is 0 Å². The second-order valence-corrected chi connectivity index (χ2v) is 15.2. The predicted molar refractivity (Wildman–Crippen MR) is 192 cm³/mol. The van der Waals surface area contributed by atoms with E-state index in [1.165, 1.54) is 11.1 Å². The molecule has 0 saturated carbocycles. The van der Waals surface area contributed by atoms with Gasteiger partial charge in [-0.1, -0.05) is 62.4 Å². The summed E-state index contributed by atoms with van der Waals surface area (Å²) < 4.78 is 37.4. The summed E-state index contributed by atoms with van der Waals surface area (Å²) in [5.74, 6) is 1.86. The van der Waals surface area contributed by atoms with E-state index in [9.17, 15) is 0 Å². The molecule has 7 rings (SSSR count). The van der Waals surface area contributed by atoms with Crippen molar-refractivity contribution in [3.8, 4) is 11.5 Å². The van der Waals surface area contributed by atoms with Gasteiger partial charge in [-0.15, -0.1) is 0 Å². The van der Waals surface area contributed by atoms with E-state index in [4.69, 9.17) is 28.1 Å². The standard InChI is InChI=1S/C36H46B2N2O6.C2H6/c1-33(2)34(3,4)44-37(43-33)29-13-15-31-27(17-29)21-39(23-41-31)19-25-9-11-26(12-10-25)20-40-22-28-18-30(14-16-32(28)42-24-40)38-45-35(5,6)36(7,8)46-38;1-2/h9-18H,19-24H2,1-8H3;1-2H3. The van der Waals surface area contributed by atoms with E-state index in [1.54, 1.807) is 0 Å². The molecule has 0 aromatic heterocycles. The van der Waals surface area contributed by atoms with E-state index < -0.39 is 0 Å². The molecular weight excluding hydrogens is 602 g/mol. The van der Waals surface area contributed by atoms with Crippen LogP contribution in [0.4, 0.5) is 0 Å². The topological polar surface area (TPSA) is 61.9 Å². The number of benzene rings is 3. The third kappa shape index (κ3) is 6.93. The molecule has 4 heterocycles. The van der Waals surface area contributed by atoms with Crippen molar-refractivity contribution >= 4 is 25.2 Å². The average molecular weight is 654 g/mol. The molecule has 0 aliphatic carbocycles. The van der Waals surface area contributed by atoms with Crippen molar-refractivity contribution in [2.45, 2.75) is 118 Å². The molecule has 0 amide bonds. The van der Waals surface area contributed by atoms with Crippen molar-refractivity contribution in [2.24, 2.45) is 0 Å². The Morgan fingerprint density at radius 3 is 1.19 bits per heavy atom. The molecule has 0 spiro atoms. The van der Waals surface area contributed by atoms with E-state index in [0.717, 1.165) is 59.7 Å². The van der Waals surface area contributed by atoms with Crippen molar-refractivity contribution in [1.82, 2.24) is 9.80 Å². The van der Waals surface area contributed by atoms with Crippen LogP contribution in [0.25, 0.3) is 0 Å². The number of hydrogen-bond donors (Lipinski definition) is 0. The predicted octanol–water partition coefficient (Wildman–Crippen LogP) is 6.02. The van der Waals surface area contributed by atoms with Gasteiger partial charge in [-0.3, -0.25) is 9.80 Å². The first-order valence-corrected chi connectivity index (χ1v) is 17.4. The zero-order chi connectivity index (χ0) is 34.5. The molecule has 0 atom stereocenters. The van der Waals surface area contributed by atoms with Gasteiger partial charge in [0.05, 0.1) is 22.4 Å². The molecule has 2 saturated heterocycles. The van der Waals surface area contributed by atoms with Crippen molar-refractivity contribution < 1.29 is 28.1 Å². The van der Waals surface area contributed by atoms with Crippen LogP contribution < -0.4 is 20.4 Å². The van der Waals surface area contributed by atoms with Crippen LogP contribution in [-0.4, -0.2) is 59.9 Å². The number of nitrogens with zero attached hydrogens (tertiary/aromatic N) is 2. The fourth-order valence-electron chi connectivity index (χ4n) is 6.34. The summed E-state index contributed by atoms with van der Waals surface area (Å²) in [4.78, 5) is 4.64. The molecule has 0 unspecified atom stereocenters. The Morgan fingerprint density at radius 1 is 0.521 bits per heavy atom. The summed E-state index contributed by atoms with van der Waals surface area (Å²) >= 11 is 0. The lowest BCUT2D eigenvalue weighted by Crippen LogP contribution is -2.41. The summed E-state index contributed by atoms with van der Waals surface area (Å²) in [6.07, 6.45) is 0. The molecule has 0 bridgehead atoms. The van der Waals surface area contributed by atoms with Crippen LogP contribution in [0.15, 0.2) is 60.7 Å². The van der Waals surface area contributed by atoms with Crippen LogP contribution in [0.3, 0.4) is 0 Å². The highest BCUT2D eigenvalue weighted by atomic mass is 16.7. The van der Waals surface area contributed by atoms with Crippen LogP contribution in [0.1, 0.15) is 91.5 Å². The molecule has 4 aliphatic rings. The third-order valence-electron chi connectivity index (χ3n) is 10.6. The average Bonchev–Trinajstić information content (AvgIpc) is 3.41. The van der Waals surface area contributed by atoms with Crippen molar-refractivity contribution in [1.29, 1.82) is 0 Å². The quantitative estimate of drug-likeness (QED) is 0.300. The Morgan fingerprint density at radius 2 is 0.854 bits per heavy atom. The third-order valence-corrected chi connectivity index (χ3v) is 10.6. The molecule has 4 aliphatic heterocycles. The van der Waals surface area contributed by atoms with Crippen LogP contribution in [0.2, 0.25) is 0 Å². The maximum Gasteiger partial charge on any atom is 0.494 e. The Hall–Kier alpha value is -2.85. The summed E-state index contributed by atoms with van der Waals surface area (Å²) in [5.41, 5.74) is 5.40. The lowest BCUT2D eigenvalue weighted by atomic mass is 9.78. The molecule has 48 heavy (non-hydrogen) atoms. The summed E-state index contributed by atoms with van der Waals surface area (Å²) in [5, 5.41) is 0. The lowest BCUT2D eigenvalue weighted by molar-refractivity contribution is 0.00578. The van der Waals surface area contributed by atoms with Crippen LogP contribution >= 0.6 is 0 Å². The van der Waals surface area contributed by atoms with Crippen molar-refractivity contribution in [2.75, 3.05) is 13.5 Å². The van der Waals surface area contributed by atoms with Gasteiger partial charge in [-0.2, -0.15) is 0 Å². The summed E-state index contributed by atoms with van der Waals surface area (Å²) in [6.45, 7) is 25.0. The minimum absolute atomic E-state index is 0.369. The number of fused-ring (bicyclic) bond motifs is 2. The molecule has 2 fully saturated rings. The second kappa shape index (κ2) is 13.1. The zero-order valence-electron chi connectivity index (χ0n) is 30.5. The highest BCUT2D eigenvalue weighted by molar-refractivity contribution is 6.62. The first-order chi connectivity index (χ1) is 22.7. The fourth-order valence-corrected chi connectivity index (χ4v) is 6.34. The van der Waals surface area contributed by atoms with E-state index in [2.05, 4.69) is 114 Å². The summed E-state index contributed by atoms with van der Waals surface area (Å²) in [7, 11) is -0.761. The molecule has 3 aromatic rings. The van der Waals surface area contributed by atoms with Gasteiger partial charge in [-0.05, 0) is 89.6 Å². The zero-order valence-corrected chi connectivity index (χ0v) is 30.5. The van der Waals surface area contributed by atoms with Crippen LogP contribution in [0, 0.1) is 0 Å². The number of rotatable bonds is 6. The van der Waals surface area contributed by atoms with Gasteiger partial charge in [0.25, 0.3) is 0 Å². The van der Waals surface area contributed by atoms with Crippen molar-refractivity contribution in [3.63, 3.8) is 0 Å². The maximum atomic E-state index is 6.29. The number of ether oxygens (including phenoxy) is 2. The maximum absolute atomic E-state index is 6.29. The lowest BCUT2D eigenvalue weighted by Gasteiger charge is -2.32. The van der Waals surface area contributed by atoms with E-state index in [0.29, 0.717) is 13.5 Å². The van der Waals surface area contributed by atoms with E-state index in [-0.39, 0.29) is 36.6 Å². The summed E-state index contributed by atoms with van der Waals surface area (Å²) in [6, 6.07) is 21.4. The van der Waals surface area contributed by atoms with Crippen LogP contribution in [0.5, 0.6) is 11.5 Å². The van der Waals surface area contributed by atoms with Crippen LogP contribution in [-0.2, 0) is 44.8 Å². The normalized spacial score (nSPS) is 22.2. The molecule has 0 N–H and O–H groups in total. The monoisotopic (exact) mass is 654 g/mol. The molecule has 0 radical (unpaired) electrons. The Labute approximate surface area is 288 Å². The molecule has 3 aromatic carbocycles. The molecule has 8 nitrogen and oxygen atoms in total. The first kappa shape index (κ1) is 35.0. The second-order valence-electron chi connectivity index (χ2n) is 15.2. The van der Waals surface area contributed by atoms with Gasteiger partial charge in [-0.25, -0.2) is 0 Å². The largest absolute Gasteiger partial charge is 0.494 e. The van der Waals surface area contributed by atoms with E-state index in [1.807, 2.05) is 26.0 Å². The van der Waals surface area contributed by atoms with Gasteiger partial charge in [0, 0.05) is 37.3 Å². The molecule has 256 valence electrons. The molecule has 10 heteroatoms.